The second-order valence-electron chi connectivity index (χ2n) is 2.89. The number of pyridine rings is 1. The van der Waals surface area contributed by atoms with Gasteiger partial charge in [-0.2, -0.15) is 0 Å². The van der Waals surface area contributed by atoms with E-state index in [0.717, 1.165) is 6.42 Å². The molecule has 0 saturated carbocycles. The summed E-state index contributed by atoms with van der Waals surface area (Å²) in [5, 5.41) is 0.350. The Morgan fingerprint density at radius 3 is 3.07 bits per heavy atom. The van der Waals surface area contributed by atoms with Gasteiger partial charge in [0.25, 0.3) is 0 Å². The average Bonchev–Trinajstić information content (AvgIpc) is 2.18. The minimum absolute atomic E-state index is 0.0753. The standard InChI is InChI=1S/C10H12ClNO2/c1-14-6-2-3-9(13)8-4-5-12-10(11)7-8/h4-5,7H,2-3,6H2,1H3. The largest absolute Gasteiger partial charge is 0.385 e. The van der Waals surface area contributed by atoms with Gasteiger partial charge in [-0.25, -0.2) is 4.98 Å². The van der Waals surface area contributed by atoms with E-state index >= 15 is 0 Å². The summed E-state index contributed by atoms with van der Waals surface area (Å²) in [6.07, 6.45) is 2.75. The first-order valence-electron chi connectivity index (χ1n) is 4.37. The second kappa shape index (κ2) is 5.73. The van der Waals surface area contributed by atoms with Crippen molar-refractivity contribution in [3.05, 3.63) is 29.0 Å². The van der Waals surface area contributed by atoms with E-state index in [1.54, 1.807) is 19.2 Å². The van der Waals surface area contributed by atoms with Crippen LogP contribution in [0, 0.1) is 0 Å². The maximum Gasteiger partial charge on any atom is 0.163 e. The van der Waals surface area contributed by atoms with Crippen molar-refractivity contribution in [3.8, 4) is 0 Å². The van der Waals surface area contributed by atoms with Gasteiger partial charge in [-0.05, 0) is 18.6 Å². The zero-order valence-electron chi connectivity index (χ0n) is 8.00. The fourth-order valence-electron chi connectivity index (χ4n) is 1.10. The minimum atomic E-state index is 0.0753. The van der Waals surface area contributed by atoms with Crippen LogP contribution in [0.15, 0.2) is 18.3 Å². The highest BCUT2D eigenvalue weighted by molar-refractivity contribution is 6.29. The molecule has 0 aromatic carbocycles. The molecule has 0 aliphatic heterocycles. The number of hydrogen-bond donors (Lipinski definition) is 0. The van der Waals surface area contributed by atoms with Gasteiger partial charge in [0.2, 0.25) is 0 Å². The van der Waals surface area contributed by atoms with Crippen LogP contribution in [-0.4, -0.2) is 24.5 Å². The molecule has 0 atom stereocenters. The van der Waals surface area contributed by atoms with Crippen LogP contribution in [0.25, 0.3) is 0 Å². The molecule has 76 valence electrons. The van der Waals surface area contributed by atoms with E-state index in [4.69, 9.17) is 16.3 Å². The van der Waals surface area contributed by atoms with Crippen molar-refractivity contribution in [1.29, 1.82) is 0 Å². The second-order valence-corrected chi connectivity index (χ2v) is 3.27. The molecule has 0 fully saturated rings. The Labute approximate surface area is 88.1 Å². The van der Waals surface area contributed by atoms with Crippen LogP contribution < -0.4 is 0 Å². The number of carbonyl (C=O) groups excluding carboxylic acids is 1. The van der Waals surface area contributed by atoms with E-state index in [1.807, 2.05) is 0 Å². The number of aromatic nitrogens is 1. The van der Waals surface area contributed by atoms with Crippen molar-refractivity contribution in [2.24, 2.45) is 0 Å². The first kappa shape index (κ1) is 11.1. The Hall–Kier alpha value is -0.930. The lowest BCUT2D eigenvalue weighted by molar-refractivity contribution is 0.0963. The molecule has 14 heavy (non-hydrogen) atoms. The molecule has 3 nitrogen and oxygen atoms in total. The van der Waals surface area contributed by atoms with Crippen molar-refractivity contribution in [3.63, 3.8) is 0 Å². The Bertz CT molecular complexity index is 315. The zero-order chi connectivity index (χ0) is 10.4. The number of ketones is 1. The summed E-state index contributed by atoms with van der Waals surface area (Å²) in [7, 11) is 1.62. The fourth-order valence-corrected chi connectivity index (χ4v) is 1.27. The number of Topliss-reactive ketones (excluding diaryl/α,β-unsaturated/α-hetero) is 1. The van der Waals surface area contributed by atoms with Gasteiger partial charge >= 0.3 is 0 Å². The predicted molar refractivity (Wildman–Crippen MR) is 54.7 cm³/mol. The summed E-state index contributed by atoms with van der Waals surface area (Å²) >= 11 is 5.66. The van der Waals surface area contributed by atoms with Crippen LogP contribution in [0.1, 0.15) is 23.2 Å². The lowest BCUT2D eigenvalue weighted by atomic mass is 10.1. The molecule has 1 heterocycles. The Balaban J connectivity index is 2.52. The topological polar surface area (TPSA) is 39.2 Å². The van der Waals surface area contributed by atoms with E-state index in [-0.39, 0.29) is 5.78 Å². The van der Waals surface area contributed by atoms with Crippen molar-refractivity contribution in [2.75, 3.05) is 13.7 Å². The van der Waals surface area contributed by atoms with Crippen molar-refractivity contribution in [1.82, 2.24) is 4.98 Å². The molecule has 0 bridgehead atoms. The SMILES string of the molecule is COCCCC(=O)c1ccnc(Cl)c1. The van der Waals surface area contributed by atoms with Crippen LogP contribution in [-0.2, 0) is 4.74 Å². The van der Waals surface area contributed by atoms with Crippen LogP contribution in [0.3, 0.4) is 0 Å². The number of nitrogens with zero attached hydrogens (tertiary/aromatic N) is 1. The molecule has 0 aliphatic carbocycles. The molecule has 0 spiro atoms. The van der Waals surface area contributed by atoms with Gasteiger partial charge < -0.3 is 4.74 Å². The number of methoxy groups -OCH3 is 1. The number of rotatable bonds is 5. The molecule has 1 aromatic heterocycles. The van der Waals surface area contributed by atoms with Crippen LogP contribution in [0.2, 0.25) is 5.15 Å². The van der Waals surface area contributed by atoms with E-state index < -0.39 is 0 Å². The molecule has 0 N–H and O–H groups in total. The smallest absolute Gasteiger partial charge is 0.163 e. The van der Waals surface area contributed by atoms with Crippen LogP contribution in [0.4, 0.5) is 0 Å². The van der Waals surface area contributed by atoms with Crippen LogP contribution >= 0.6 is 11.6 Å². The molecule has 4 heteroatoms. The molecular weight excluding hydrogens is 202 g/mol. The molecule has 1 rings (SSSR count). The van der Waals surface area contributed by atoms with Gasteiger partial charge in [-0.3, -0.25) is 4.79 Å². The third-order valence-electron chi connectivity index (χ3n) is 1.80. The summed E-state index contributed by atoms with van der Waals surface area (Å²) in [5.41, 5.74) is 0.612. The van der Waals surface area contributed by atoms with Gasteiger partial charge in [0.05, 0.1) is 0 Å². The Morgan fingerprint density at radius 2 is 2.43 bits per heavy atom. The molecule has 0 radical (unpaired) electrons. The minimum Gasteiger partial charge on any atom is -0.385 e. The fraction of sp³-hybridized carbons (Fsp3) is 0.400. The lowest BCUT2D eigenvalue weighted by Crippen LogP contribution is -2.01. The third kappa shape index (κ3) is 3.44. The highest BCUT2D eigenvalue weighted by Crippen LogP contribution is 2.10. The van der Waals surface area contributed by atoms with E-state index in [2.05, 4.69) is 4.98 Å². The summed E-state index contributed by atoms with van der Waals surface area (Å²) in [4.78, 5) is 15.3. The highest BCUT2D eigenvalue weighted by Gasteiger charge is 2.05. The maximum atomic E-state index is 11.5. The number of carbonyl (C=O) groups is 1. The lowest BCUT2D eigenvalue weighted by Gasteiger charge is -2.00. The third-order valence-corrected chi connectivity index (χ3v) is 2.01. The first-order chi connectivity index (χ1) is 6.74. The van der Waals surface area contributed by atoms with Gasteiger partial charge in [-0.15, -0.1) is 0 Å². The quantitative estimate of drug-likeness (QED) is 0.428. The van der Waals surface area contributed by atoms with Gasteiger partial charge in [0.1, 0.15) is 5.15 Å². The van der Waals surface area contributed by atoms with E-state index in [0.29, 0.717) is 23.7 Å². The first-order valence-corrected chi connectivity index (χ1v) is 4.75. The average molecular weight is 214 g/mol. The maximum absolute atomic E-state index is 11.5. The van der Waals surface area contributed by atoms with Crippen molar-refractivity contribution >= 4 is 17.4 Å². The van der Waals surface area contributed by atoms with Crippen LogP contribution in [0.5, 0.6) is 0 Å². The highest BCUT2D eigenvalue weighted by atomic mass is 35.5. The van der Waals surface area contributed by atoms with Gasteiger partial charge in [0, 0.05) is 31.9 Å². The number of ether oxygens (including phenoxy) is 1. The molecule has 0 amide bonds. The number of hydrogen-bond acceptors (Lipinski definition) is 3. The normalized spacial score (nSPS) is 10.1. The van der Waals surface area contributed by atoms with Crippen molar-refractivity contribution < 1.29 is 9.53 Å². The summed E-state index contributed by atoms with van der Waals surface area (Å²) in [6, 6.07) is 3.25. The Kier molecular flexibility index (Phi) is 4.56. The molecular formula is C10H12ClNO2. The van der Waals surface area contributed by atoms with Crippen molar-refractivity contribution in [2.45, 2.75) is 12.8 Å². The van der Waals surface area contributed by atoms with E-state index in [1.165, 1.54) is 6.20 Å². The summed E-state index contributed by atoms with van der Waals surface area (Å²) < 4.78 is 4.86. The molecule has 0 saturated heterocycles. The monoisotopic (exact) mass is 213 g/mol. The van der Waals surface area contributed by atoms with Gasteiger partial charge in [-0.1, -0.05) is 11.6 Å². The molecule has 0 aliphatic rings. The predicted octanol–water partition coefficient (Wildman–Crippen LogP) is 2.34. The summed E-state index contributed by atoms with van der Waals surface area (Å²) in [6.45, 7) is 0.602. The molecule has 1 aromatic rings. The summed E-state index contributed by atoms with van der Waals surface area (Å²) in [5.74, 6) is 0.0753. The number of halogens is 1. The van der Waals surface area contributed by atoms with Gasteiger partial charge in [0.15, 0.2) is 5.78 Å². The molecule has 0 unspecified atom stereocenters. The Morgan fingerprint density at radius 1 is 1.64 bits per heavy atom. The zero-order valence-corrected chi connectivity index (χ0v) is 8.75. The van der Waals surface area contributed by atoms with E-state index in [9.17, 15) is 4.79 Å².